The fourth-order valence-corrected chi connectivity index (χ4v) is 1.22. The van der Waals surface area contributed by atoms with E-state index in [4.69, 9.17) is 29.0 Å². The molecule has 1 aromatic rings. The second-order valence-electron chi connectivity index (χ2n) is 2.55. The van der Waals surface area contributed by atoms with Crippen LogP contribution >= 0.6 is 23.2 Å². The summed E-state index contributed by atoms with van der Waals surface area (Å²) >= 11 is 11.6. The summed E-state index contributed by atoms with van der Waals surface area (Å²) in [4.78, 5) is 10.8. The van der Waals surface area contributed by atoms with Crippen molar-refractivity contribution in [2.75, 3.05) is 11.9 Å². The first-order valence-corrected chi connectivity index (χ1v) is 4.57. The number of nitrogens with one attached hydrogen (secondary N) is 2. The Kier molecular flexibility index (Phi) is 4.00. The maximum absolute atomic E-state index is 10.8. The summed E-state index contributed by atoms with van der Waals surface area (Å²) in [6.07, 6.45) is 0. The van der Waals surface area contributed by atoms with E-state index in [1.165, 1.54) is 0 Å². The highest BCUT2D eigenvalue weighted by Crippen LogP contribution is 2.24. The Morgan fingerprint density at radius 1 is 1.43 bits per heavy atom. The lowest BCUT2D eigenvalue weighted by atomic mass is 10.3. The van der Waals surface area contributed by atoms with Crippen LogP contribution in [0.15, 0.2) is 18.2 Å². The second kappa shape index (κ2) is 5.05. The Morgan fingerprint density at radius 3 is 2.79 bits per heavy atom. The van der Waals surface area contributed by atoms with Gasteiger partial charge in [0, 0.05) is 5.02 Å². The number of hydrogen-bond acceptors (Lipinski definition) is 3. The van der Waals surface area contributed by atoms with Crippen molar-refractivity contribution in [1.82, 2.24) is 5.43 Å². The molecule has 0 atom stereocenters. The number of carbonyl (C=O) groups excluding carboxylic acids is 1. The van der Waals surface area contributed by atoms with Crippen molar-refractivity contribution >= 4 is 34.8 Å². The molecule has 1 rings (SSSR count). The van der Waals surface area contributed by atoms with Gasteiger partial charge < -0.3 is 5.32 Å². The summed E-state index contributed by atoms with van der Waals surface area (Å²) in [5, 5.41) is 3.84. The first-order chi connectivity index (χ1) is 6.63. The van der Waals surface area contributed by atoms with Gasteiger partial charge in [-0.3, -0.25) is 10.2 Å². The van der Waals surface area contributed by atoms with E-state index in [9.17, 15) is 4.79 Å². The zero-order chi connectivity index (χ0) is 10.6. The molecule has 1 amide bonds. The Hall–Kier alpha value is -0.970. The molecule has 76 valence electrons. The summed E-state index contributed by atoms with van der Waals surface area (Å²) in [6, 6.07) is 4.94. The lowest BCUT2D eigenvalue weighted by Crippen LogP contribution is -2.35. The van der Waals surface area contributed by atoms with Crippen molar-refractivity contribution in [3.63, 3.8) is 0 Å². The highest BCUT2D eigenvalue weighted by molar-refractivity contribution is 6.35. The minimum absolute atomic E-state index is 0.0521. The molecule has 4 N–H and O–H groups in total. The average Bonchev–Trinajstić information content (AvgIpc) is 2.19. The molecule has 0 aromatic heterocycles. The number of amides is 1. The predicted molar refractivity (Wildman–Crippen MR) is 57.3 cm³/mol. The van der Waals surface area contributed by atoms with Gasteiger partial charge in [0.1, 0.15) is 0 Å². The van der Waals surface area contributed by atoms with Crippen LogP contribution in [0.25, 0.3) is 0 Å². The van der Waals surface area contributed by atoms with Gasteiger partial charge >= 0.3 is 0 Å². The van der Waals surface area contributed by atoms with Crippen molar-refractivity contribution in [3.8, 4) is 0 Å². The Labute approximate surface area is 91.3 Å². The number of hydrazine groups is 1. The first kappa shape index (κ1) is 11.1. The van der Waals surface area contributed by atoms with Gasteiger partial charge in [-0.15, -0.1) is 0 Å². The molecule has 0 aliphatic heterocycles. The van der Waals surface area contributed by atoms with E-state index in [1.807, 2.05) is 5.43 Å². The van der Waals surface area contributed by atoms with E-state index in [-0.39, 0.29) is 12.5 Å². The van der Waals surface area contributed by atoms with Crippen molar-refractivity contribution in [1.29, 1.82) is 0 Å². The molecule has 0 saturated carbocycles. The number of carbonyl (C=O) groups is 1. The summed E-state index contributed by atoms with van der Waals surface area (Å²) in [7, 11) is 0. The van der Waals surface area contributed by atoms with Crippen LogP contribution in [-0.4, -0.2) is 12.5 Å². The van der Waals surface area contributed by atoms with Crippen LogP contribution in [0, 0.1) is 0 Å². The summed E-state index contributed by atoms with van der Waals surface area (Å²) in [5.74, 6) is 4.57. The highest BCUT2D eigenvalue weighted by Gasteiger charge is 2.02. The van der Waals surface area contributed by atoms with Crippen LogP contribution in [0.1, 0.15) is 0 Å². The van der Waals surface area contributed by atoms with Gasteiger partial charge in [-0.05, 0) is 18.2 Å². The minimum Gasteiger partial charge on any atom is -0.375 e. The maximum atomic E-state index is 10.8. The molecule has 0 aliphatic rings. The van der Waals surface area contributed by atoms with E-state index in [0.717, 1.165) is 0 Å². The summed E-state index contributed by atoms with van der Waals surface area (Å²) in [5.41, 5.74) is 2.59. The SMILES string of the molecule is NNC(=O)CNc1cc(Cl)ccc1Cl. The molecule has 0 unspecified atom stereocenters. The smallest absolute Gasteiger partial charge is 0.253 e. The normalized spacial score (nSPS) is 9.64. The predicted octanol–water partition coefficient (Wildman–Crippen LogP) is 1.40. The topological polar surface area (TPSA) is 67.1 Å². The van der Waals surface area contributed by atoms with Crippen LogP contribution in [0.4, 0.5) is 5.69 Å². The lowest BCUT2D eigenvalue weighted by molar-refractivity contribution is -0.119. The number of rotatable bonds is 3. The Morgan fingerprint density at radius 2 is 2.14 bits per heavy atom. The van der Waals surface area contributed by atoms with E-state index < -0.39 is 0 Å². The van der Waals surface area contributed by atoms with Crippen molar-refractivity contribution in [3.05, 3.63) is 28.2 Å². The van der Waals surface area contributed by atoms with E-state index >= 15 is 0 Å². The van der Waals surface area contributed by atoms with Crippen molar-refractivity contribution < 1.29 is 4.79 Å². The number of benzene rings is 1. The molecule has 6 heteroatoms. The van der Waals surface area contributed by atoms with Gasteiger partial charge in [-0.1, -0.05) is 23.2 Å². The third kappa shape index (κ3) is 3.06. The van der Waals surface area contributed by atoms with Crippen LogP contribution < -0.4 is 16.6 Å². The molecule has 4 nitrogen and oxygen atoms in total. The fraction of sp³-hybridized carbons (Fsp3) is 0.125. The molecule has 0 aliphatic carbocycles. The van der Waals surface area contributed by atoms with Crippen LogP contribution in [0.5, 0.6) is 0 Å². The molecule has 0 spiro atoms. The van der Waals surface area contributed by atoms with Gasteiger partial charge in [-0.2, -0.15) is 0 Å². The van der Waals surface area contributed by atoms with Crippen molar-refractivity contribution in [2.24, 2.45) is 5.84 Å². The number of halogens is 2. The highest BCUT2D eigenvalue weighted by atomic mass is 35.5. The Bertz CT molecular complexity index is 343. The van der Waals surface area contributed by atoms with Gasteiger partial charge in [0.2, 0.25) is 0 Å². The standard InChI is InChI=1S/C8H9Cl2N3O/c9-5-1-2-6(10)7(3-5)12-4-8(14)13-11/h1-3,12H,4,11H2,(H,13,14). The molecule has 0 radical (unpaired) electrons. The third-order valence-electron chi connectivity index (χ3n) is 1.53. The Balaban J connectivity index is 2.66. The molecule has 14 heavy (non-hydrogen) atoms. The molecule has 0 bridgehead atoms. The third-order valence-corrected chi connectivity index (χ3v) is 2.09. The van der Waals surface area contributed by atoms with Crippen LogP contribution in [0.3, 0.4) is 0 Å². The van der Waals surface area contributed by atoms with Gasteiger partial charge in [0.15, 0.2) is 0 Å². The molecule has 0 heterocycles. The minimum atomic E-state index is -0.332. The molecule has 1 aromatic carbocycles. The van der Waals surface area contributed by atoms with Gasteiger partial charge in [0.25, 0.3) is 5.91 Å². The van der Waals surface area contributed by atoms with Crippen LogP contribution in [0.2, 0.25) is 10.0 Å². The summed E-state index contributed by atoms with van der Waals surface area (Å²) < 4.78 is 0. The molecule has 0 fully saturated rings. The molecule has 0 saturated heterocycles. The van der Waals surface area contributed by atoms with E-state index in [1.54, 1.807) is 18.2 Å². The average molecular weight is 234 g/mol. The molecular formula is C8H9Cl2N3O. The van der Waals surface area contributed by atoms with Gasteiger partial charge in [-0.25, -0.2) is 5.84 Å². The van der Waals surface area contributed by atoms with Gasteiger partial charge in [0.05, 0.1) is 17.3 Å². The fourth-order valence-electron chi connectivity index (χ4n) is 0.860. The second-order valence-corrected chi connectivity index (χ2v) is 3.39. The number of nitrogens with two attached hydrogens (primary N) is 1. The zero-order valence-electron chi connectivity index (χ0n) is 7.18. The van der Waals surface area contributed by atoms with E-state index in [0.29, 0.717) is 15.7 Å². The monoisotopic (exact) mass is 233 g/mol. The quantitative estimate of drug-likeness (QED) is 0.420. The van der Waals surface area contributed by atoms with Crippen LogP contribution in [-0.2, 0) is 4.79 Å². The number of hydrogen-bond donors (Lipinski definition) is 3. The first-order valence-electron chi connectivity index (χ1n) is 3.82. The summed E-state index contributed by atoms with van der Waals surface area (Å²) in [6.45, 7) is 0.0521. The lowest BCUT2D eigenvalue weighted by Gasteiger charge is -2.07. The zero-order valence-corrected chi connectivity index (χ0v) is 8.69. The number of anilines is 1. The van der Waals surface area contributed by atoms with Crippen molar-refractivity contribution in [2.45, 2.75) is 0 Å². The largest absolute Gasteiger partial charge is 0.375 e. The molecular weight excluding hydrogens is 225 g/mol. The maximum Gasteiger partial charge on any atom is 0.253 e. The van der Waals surface area contributed by atoms with E-state index in [2.05, 4.69) is 5.32 Å².